The predicted molar refractivity (Wildman–Crippen MR) is 85.2 cm³/mol. The summed E-state index contributed by atoms with van der Waals surface area (Å²) in [6, 6.07) is 1.39. The average molecular weight is 295 g/mol. The number of hydrogen-bond acceptors (Lipinski definition) is 3. The molecule has 0 aromatic heterocycles. The monoisotopic (exact) mass is 295 g/mol. The largest absolute Gasteiger partial charge is 0.348 e. The van der Waals surface area contributed by atoms with E-state index < -0.39 is 0 Å². The van der Waals surface area contributed by atoms with Gasteiger partial charge in [-0.15, -0.1) is 0 Å². The van der Waals surface area contributed by atoms with Crippen molar-refractivity contribution >= 4 is 0 Å². The number of hydrogen-bond donors (Lipinski definition) is 1. The summed E-state index contributed by atoms with van der Waals surface area (Å²) < 4.78 is 11.7. The number of ether oxygens (including phenoxy) is 2. The van der Waals surface area contributed by atoms with Crippen LogP contribution in [0.5, 0.6) is 0 Å². The maximum atomic E-state index is 5.85. The van der Waals surface area contributed by atoms with E-state index in [1.165, 1.54) is 32.1 Å². The van der Waals surface area contributed by atoms with E-state index >= 15 is 0 Å². The fourth-order valence-electron chi connectivity index (χ4n) is 4.71. The molecule has 1 aliphatic heterocycles. The van der Waals surface area contributed by atoms with Gasteiger partial charge in [-0.05, 0) is 43.4 Å². The smallest absolute Gasteiger partial charge is 0.168 e. The van der Waals surface area contributed by atoms with Crippen LogP contribution >= 0.6 is 0 Å². The van der Waals surface area contributed by atoms with Crippen LogP contribution in [0.2, 0.25) is 0 Å². The van der Waals surface area contributed by atoms with Gasteiger partial charge in [0.25, 0.3) is 0 Å². The Labute approximate surface area is 130 Å². The molecule has 122 valence electrons. The lowest BCUT2D eigenvalue weighted by molar-refractivity contribution is -0.180. The second-order valence-corrected chi connectivity index (χ2v) is 7.98. The van der Waals surface area contributed by atoms with E-state index in [1.54, 1.807) is 0 Å². The normalized spacial score (nSPS) is 37.4. The topological polar surface area (TPSA) is 30.5 Å². The summed E-state index contributed by atoms with van der Waals surface area (Å²) in [4.78, 5) is 0. The highest BCUT2D eigenvalue weighted by Crippen LogP contribution is 2.38. The first-order valence-corrected chi connectivity index (χ1v) is 9.12. The molecule has 0 radical (unpaired) electrons. The molecule has 3 atom stereocenters. The summed E-state index contributed by atoms with van der Waals surface area (Å²) in [6.07, 6.45) is 8.72. The Balaban J connectivity index is 1.53. The van der Waals surface area contributed by atoms with E-state index in [0.717, 1.165) is 49.9 Å². The highest BCUT2D eigenvalue weighted by atomic mass is 16.7. The van der Waals surface area contributed by atoms with Crippen molar-refractivity contribution in [3.8, 4) is 0 Å². The maximum absolute atomic E-state index is 5.85. The van der Waals surface area contributed by atoms with Gasteiger partial charge < -0.3 is 14.8 Å². The summed E-state index contributed by atoms with van der Waals surface area (Å²) in [5.74, 6) is 2.33. The minimum absolute atomic E-state index is 0.213. The van der Waals surface area contributed by atoms with Gasteiger partial charge >= 0.3 is 0 Å². The zero-order chi connectivity index (χ0) is 14.9. The van der Waals surface area contributed by atoms with Crippen LogP contribution in [0.15, 0.2) is 0 Å². The molecule has 1 spiro atoms. The molecule has 3 unspecified atom stereocenters. The Morgan fingerprint density at radius 3 is 2.29 bits per heavy atom. The van der Waals surface area contributed by atoms with Gasteiger partial charge in [0.15, 0.2) is 5.79 Å². The number of rotatable bonds is 3. The molecule has 1 saturated heterocycles. The molecular formula is C18H33NO2. The van der Waals surface area contributed by atoms with Crippen LogP contribution < -0.4 is 5.32 Å². The Morgan fingerprint density at radius 2 is 1.67 bits per heavy atom. The van der Waals surface area contributed by atoms with E-state index in [1.807, 2.05) is 0 Å². The molecule has 1 N–H and O–H groups in total. The first kappa shape index (κ1) is 15.8. The lowest BCUT2D eigenvalue weighted by Crippen LogP contribution is -2.50. The second kappa shape index (κ2) is 6.55. The molecule has 2 saturated carbocycles. The minimum Gasteiger partial charge on any atom is -0.348 e. The van der Waals surface area contributed by atoms with Crippen molar-refractivity contribution in [1.29, 1.82) is 0 Å². The lowest BCUT2D eigenvalue weighted by atomic mass is 9.73. The molecule has 3 nitrogen and oxygen atoms in total. The maximum Gasteiger partial charge on any atom is 0.168 e. The highest BCUT2D eigenvalue weighted by Gasteiger charge is 2.41. The zero-order valence-electron chi connectivity index (χ0n) is 14.1. The Hall–Kier alpha value is -0.120. The van der Waals surface area contributed by atoms with Crippen molar-refractivity contribution in [2.45, 2.75) is 83.6 Å². The first-order chi connectivity index (χ1) is 10.1. The van der Waals surface area contributed by atoms with E-state index in [-0.39, 0.29) is 5.79 Å². The van der Waals surface area contributed by atoms with Crippen molar-refractivity contribution in [1.82, 2.24) is 5.32 Å². The third-order valence-electron chi connectivity index (χ3n) is 6.03. The van der Waals surface area contributed by atoms with Crippen LogP contribution in [-0.2, 0) is 9.47 Å². The SMILES string of the molecule is CC1CCC(C(C)C)C(NC2CCC3(CC2)OCCO3)C1. The third-order valence-corrected chi connectivity index (χ3v) is 6.03. The zero-order valence-corrected chi connectivity index (χ0v) is 14.1. The molecule has 2 aliphatic carbocycles. The molecular weight excluding hydrogens is 262 g/mol. The standard InChI is InChI=1S/C18H33NO2/c1-13(2)16-5-4-14(3)12-17(16)19-15-6-8-18(9-7-15)20-10-11-21-18/h13-17,19H,4-12H2,1-3H3. The third kappa shape index (κ3) is 3.62. The molecule has 3 fully saturated rings. The Morgan fingerprint density at radius 1 is 1.00 bits per heavy atom. The van der Waals surface area contributed by atoms with Crippen LogP contribution in [0, 0.1) is 17.8 Å². The van der Waals surface area contributed by atoms with Crippen molar-refractivity contribution in [3.05, 3.63) is 0 Å². The van der Waals surface area contributed by atoms with Crippen LogP contribution in [0.1, 0.15) is 65.7 Å². The van der Waals surface area contributed by atoms with Crippen LogP contribution in [0.4, 0.5) is 0 Å². The quantitative estimate of drug-likeness (QED) is 0.860. The summed E-state index contributed by atoms with van der Waals surface area (Å²) in [6.45, 7) is 8.78. The predicted octanol–water partition coefficient (Wildman–Crippen LogP) is 3.72. The molecule has 0 aromatic carbocycles. The van der Waals surface area contributed by atoms with E-state index in [0.29, 0.717) is 6.04 Å². The van der Waals surface area contributed by atoms with Crippen LogP contribution in [0.25, 0.3) is 0 Å². The molecule has 3 aliphatic rings. The van der Waals surface area contributed by atoms with Crippen LogP contribution in [0.3, 0.4) is 0 Å². The average Bonchev–Trinajstić information content (AvgIpc) is 2.90. The van der Waals surface area contributed by atoms with Gasteiger partial charge in [0.1, 0.15) is 0 Å². The van der Waals surface area contributed by atoms with E-state index in [2.05, 4.69) is 26.1 Å². The molecule has 0 aromatic rings. The Bertz CT molecular complexity index is 328. The highest BCUT2D eigenvalue weighted by molar-refractivity contribution is 4.91. The first-order valence-electron chi connectivity index (χ1n) is 9.12. The summed E-state index contributed by atoms with van der Waals surface area (Å²) in [5.41, 5.74) is 0. The molecule has 0 bridgehead atoms. The molecule has 3 heteroatoms. The van der Waals surface area contributed by atoms with Gasteiger partial charge in [0, 0.05) is 24.9 Å². The molecule has 21 heavy (non-hydrogen) atoms. The second-order valence-electron chi connectivity index (χ2n) is 7.98. The van der Waals surface area contributed by atoms with Crippen molar-refractivity contribution in [3.63, 3.8) is 0 Å². The van der Waals surface area contributed by atoms with E-state index in [9.17, 15) is 0 Å². The van der Waals surface area contributed by atoms with Gasteiger partial charge in [-0.3, -0.25) is 0 Å². The van der Waals surface area contributed by atoms with Gasteiger partial charge in [-0.1, -0.05) is 27.2 Å². The molecule has 0 amide bonds. The lowest BCUT2D eigenvalue weighted by Gasteiger charge is -2.42. The summed E-state index contributed by atoms with van der Waals surface area (Å²) in [7, 11) is 0. The van der Waals surface area contributed by atoms with Gasteiger partial charge in [-0.25, -0.2) is 0 Å². The minimum atomic E-state index is -0.213. The molecule has 1 heterocycles. The Kier molecular flexibility index (Phi) is 4.92. The van der Waals surface area contributed by atoms with Gasteiger partial charge in [0.05, 0.1) is 13.2 Å². The summed E-state index contributed by atoms with van der Waals surface area (Å²) in [5, 5.41) is 4.01. The van der Waals surface area contributed by atoms with Crippen LogP contribution in [-0.4, -0.2) is 31.1 Å². The van der Waals surface area contributed by atoms with E-state index in [4.69, 9.17) is 9.47 Å². The van der Waals surface area contributed by atoms with Gasteiger partial charge in [0.2, 0.25) is 0 Å². The van der Waals surface area contributed by atoms with Crippen molar-refractivity contribution in [2.24, 2.45) is 17.8 Å². The van der Waals surface area contributed by atoms with Gasteiger partial charge in [-0.2, -0.15) is 0 Å². The van der Waals surface area contributed by atoms with Crippen molar-refractivity contribution in [2.75, 3.05) is 13.2 Å². The number of nitrogens with one attached hydrogen (secondary N) is 1. The summed E-state index contributed by atoms with van der Waals surface area (Å²) >= 11 is 0. The fourth-order valence-corrected chi connectivity index (χ4v) is 4.71. The molecule has 3 rings (SSSR count). The van der Waals surface area contributed by atoms with Crippen molar-refractivity contribution < 1.29 is 9.47 Å². The fraction of sp³-hybridized carbons (Fsp3) is 1.00.